The smallest absolute Gasteiger partial charge is 0.181 e. The molecule has 0 atom stereocenters. The van der Waals surface area contributed by atoms with Gasteiger partial charge >= 0.3 is 0 Å². The minimum Gasteiger partial charge on any atom is -0.309 e. The minimum atomic E-state index is -2.96. The van der Waals surface area contributed by atoms with Gasteiger partial charge in [-0.05, 0) is 79.4 Å². The van der Waals surface area contributed by atoms with Crippen LogP contribution in [0.2, 0.25) is 0 Å². The Morgan fingerprint density at radius 1 is 0.302 bits per heavy atom. The molecule has 0 saturated carbocycles. The standard InChI is InChI=1S/C60H42N2Si/c1-6-22-43(23-7-1)49-41-40-45(42-53(49)44-24-8-2-9-25-44)61-55-36-19-17-33-52(55)59-56(61)37-21-38-57(59)62-54-35-18-16-32-50(54)51-34-20-39-58(60(51)62)63(46-26-10-3-11-27-46,47-28-12-4-13-29-47)48-30-14-5-15-31-48/h1-42H. The SMILES string of the molecule is c1ccc(-c2ccc(-n3c4ccccc4c4c(-n5c6ccccc6c6cccc([Si](c7ccccc7)(c7ccccc7)c7ccccc7)c65)cccc43)cc2-c2ccccc2)cc1. The van der Waals surface area contributed by atoms with Crippen LogP contribution in [-0.4, -0.2) is 17.2 Å². The molecule has 63 heavy (non-hydrogen) atoms. The summed E-state index contributed by atoms with van der Waals surface area (Å²) in [5.74, 6) is 0. The molecule has 0 aliphatic carbocycles. The number of hydrogen-bond donors (Lipinski definition) is 0. The number of benzene rings is 10. The van der Waals surface area contributed by atoms with Crippen molar-refractivity contribution in [3.05, 3.63) is 255 Å². The van der Waals surface area contributed by atoms with Crippen molar-refractivity contribution in [1.82, 2.24) is 9.13 Å². The average Bonchev–Trinajstić information content (AvgIpc) is 3.89. The van der Waals surface area contributed by atoms with Gasteiger partial charge in [-0.2, -0.15) is 0 Å². The van der Waals surface area contributed by atoms with Crippen molar-refractivity contribution in [2.75, 3.05) is 0 Å². The maximum Gasteiger partial charge on any atom is 0.181 e. The lowest BCUT2D eigenvalue weighted by molar-refractivity contribution is 1.17. The summed E-state index contributed by atoms with van der Waals surface area (Å²) in [7, 11) is -2.96. The third-order valence-electron chi connectivity index (χ3n) is 13.1. The van der Waals surface area contributed by atoms with Crippen LogP contribution in [0, 0.1) is 0 Å². The van der Waals surface area contributed by atoms with Crippen molar-refractivity contribution < 1.29 is 0 Å². The zero-order chi connectivity index (χ0) is 41.7. The summed E-state index contributed by atoms with van der Waals surface area (Å²) >= 11 is 0. The van der Waals surface area contributed by atoms with Gasteiger partial charge in [0.05, 0.1) is 27.8 Å². The van der Waals surface area contributed by atoms with Gasteiger partial charge in [-0.25, -0.2) is 0 Å². The van der Waals surface area contributed by atoms with Gasteiger partial charge in [0.1, 0.15) is 0 Å². The maximum atomic E-state index is 2.60. The highest BCUT2D eigenvalue weighted by molar-refractivity contribution is 7.20. The Morgan fingerprint density at radius 2 is 0.762 bits per heavy atom. The second kappa shape index (κ2) is 15.2. The third-order valence-corrected chi connectivity index (χ3v) is 17.9. The van der Waals surface area contributed by atoms with Crippen molar-refractivity contribution in [3.8, 4) is 33.6 Å². The first-order valence-electron chi connectivity index (χ1n) is 21.8. The van der Waals surface area contributed by atoms with Gasteiger partial charge in [0, 0.05) is 27.2 Å². The zero-order valence-electron chi connectivity index (χ0n) is 34.6. The van der Waals surface area contributed by atoms with E-state index in [1.165, 1.54) is 92.3 Å². The quantitative estimate of drug-likeness (QED) is 0.107. The zero-order valence-corrected chi connectivity index (χ0v) is 35.6. The van der Waals surface area contributed by atoms with Gasteiger partial charge in [0.15, 0.2) is 8.07 Å². The van der Waals surface area contributed by atoms with E-state index >= 15 is 0 Å². The van der Waals surface area contributed by atoms with E-state index in [4.69, 9.17) is 0 Å². The normalized spacial score (nSPS) is 11.8. The van der Waals surface area contributed by atoms with E-state index in [2.05, 4.69) is 264 Å². The predicted octanol–water partition coefficient (Wildman–Crippen LogP) is 12.6. The van der Waals surface area contributed by atoms with E-state index in [1.54, 1.807) is 0 Å². The number of fused-ring (bicyclic) bond motifs is 6. The average molecular weight is 819 g/mol. The summed E-state index contributed by atoms with van der Waals surface area (Å²) in [5, 5.41) is 10.4. The van der Waals surface area contributed by atoms with Crippen molar-refractivity contribution in [2.24, 2.45) is 0 Å². The van der Waals surface area contributed by atoms with E-state index in [1.807, 2.05) is 0 Å². The Hall–Kier alpha value is -7.98. The monoisotopic (exact) mass is 818 g/mol. The number of rotatable bonds is 8. The van der Waals surface area contributed by atoms with Gasteiger partial charge in [0.25, 0.3) is 0 Å². The van der Waals surface area contributed by atoms with Crippen LogP contribution in [-0.2, 0) is 0 Å². The number of nitrogens with zero attached hydrogens (tertiary/aromatic N) is 2. The molecule has 0 N–H and O–H groups in total. The number of para-hydroxylation sites is 3. The second-order valence-electron chi connectivity index (χ2n) is 16.4. The van der Waals surface area contributed by atoms with E-state index in [-0.39, 0.29) is 0 Å². The number of aromatic nitrogens is 2. The fourth-order valence-electron chi connectivity index (χ4n) is 10.5. The molecule has 296 valence electrons. The van der Waals surface area contributed by atoms with E-state index in [0.717, 1.165) is 5.69 Å². The Morgan fingerprint density at radius 3 is 1.37 bits per heavy atom. The van der Waals surface area contributed by atoms with Crippen LogP contribution in [0.25, 0.3) is 77.2 Å². The summed E-state index contributed by atoms with van der Waals surface area (Å²) in [6, 6.07) is 94.3. The topological polar surface area (TPSA) is 9.86 Å². The van der Waals surface area contributed by atoms with Crippen molar-refractivity contribution in [2.45, 2.75) is 0 Å². The fraction of sp³-hybridized carbons (Fsp3) is 0. The molecule has 12 rings (SSSR count). The second-order valence-corrected chi connectivity index (χ2v) is 20.2. The summed E-state index contributed by atoms with van der Waals surface area (Å²) < 4.78 is 5.07. The molecule has 0 saturated heterocycles. The molecule has 0 spiro atoms. The van der Waals surface area contributed by atoms with Gasteiger partial charge in [0.2, 0.25) is 0 Å². The molecular weight excluding hydrogens is 777 g/mol. The Balaban J connectivity index is 1.20. The molecule has 2 nitrogen and oxygen atoms in total. The van der Waals surface area contributed by atoms with Gasteiger partial charge < -0.3 is 9.13 Å². The summed E-state index contributed by atoms with van der Waals surface area (Å²) in [6.45, 7) is 0. The summed E-state index contributed by atoms with van der Waals surface area (Å²) in [4.78, 5) is 0. The molecule has 0 radical (unpaired) electrons. The molecule has 0 aliphatic heterocycles. The summed E-state index contributed by atoms with van der Waals surface area (Å²) in [5.41, 5.74) is 11.9. The van der Waals surface area contributed by atoms with Crippen LogP contribution in [0.4, 0.5) is 0 Å². The van der Waals surface area contributed by atoms with Crippen LogP contribution < -0.4 is 20.7 Å². The van der Waals surface area contributed by atoms with E-state index in [9.17, 15) is 0 Å². The maximum absolute atomic E-state index is 2.96. The fourth-order valence-corrected chi connectivity index (χ4v) is 15.4. The first kappa shape index (κ1) is 36.8. The molecule has 0 fully saturated rings. The van der Waals surface area contributed by atoms with E-state index in [0.29, 0.717) is 0 Å². The molecular formula is C60H42N2Si. The van der Waals surface area contributed by atoms with Crippen LogP contribution in [0.5, 0.6) is 0 Å². The van der Waals surface area contributed by atoms with Gasteiger partial charge in [-0.15, -0.1) is 0 Å². The van der Waals surface area contributed by atoms with Gasteiger partial charge in [-0.3, -0.25) is 0 Å². The lowest BCUT2D eigenvalue weighted by atomic mass is 9.94. The number of hydrogen-bond acceptors (Lipinski definition) is 0. The highest BCUT2D eigenvalue weighted by Crippen LogP contribution is 2.41. The largest absolute Gasteiger partial charge is 0.309 e. The first-order valence-corrected chi connectivity index (χ1v) is 23.8. The lowest BCUT2D eigenvalue weighted by Gasteiger charge is -2.35. The Labute approximate surface area is 368 Å². The Kier molecular flexibility index (Phi) is 8.87. The highest BCUT2D eigenvalue weighted by Gasteiger charge is 2.43. The molecule has 0 amide bonds. The van der Waals surface area contributed by atoms with Crippen LogP contribution >= 0.6 is 0 Å². The first-order chi connectivity index (χ1) is 31.3. The molecule has 2 aromatic heterocycles. The molecule has 3 heteroatoms. The summed E-state index contributed by atoms with van der Waals surface area (Å²) in [6.07, 6.45) is 0. The molecule has 2 heterocycles. The third kappa shape index (κ3) is 5.78. The van der Waals surface area contributed by atoms with Crippen molar-refractivity contribution in [3.63, 3.8) is 0 Å². The lowest BCUT2D eigenvalue weighted by Crippen LogP contribution is -2.75. The molecule has 12 aromatic rings. The van der Waals surface area contributed by atoms with Crippen LogP contribution in [0.1, 0.15) is 0 Å². The van der Waals surface area contributed by atoms with Crippen molar-refractivity contribution in [1.29, 1.82) is 0 Å². The molecule has 10 aromatic carbocycles. The van der Waals surface area contributed by atoms with Crippen LogP contribution in [0.15, 0.2) is 255 Å². The van der Waals surface area contributed by atoms with Gasteiger partial charge in [-0.1, -0.05) is 218 Å². The minimum absolute atomic E-state index is 1.13. The predicted molar refractivity (Wildman–Crippen MR) is 270 cm³/mol. The van der Waals surface area contributed by atoms with Crippen molar-refractivity contribution >= 4 is 72.4 Å². The Bertz CT molecular complexity index is 3500. The molecule has 0 aliphatic rings. The molecule has 0 unspecified atom stereocenters. The highest BCUT2D eigenvalue weighted by atomic mass is 28.3. The molecule has 0 bridgehead atoms. The van der Waals surface area contributed by atoms with Crippen LogP contribution in [0.3, 0.4) is 0 Å². The van der Waals surface area contributed by atoms with E-state index < -0.39 is 8.07 Å².